The van der Waals surface area contributed by atoms with Crippen LogP contribution in [0, 0.1) is 5.92 Å². The Bertz CT molecular complexity index is 777. The summed E-state index contributed by atoms with van der Waals surface area (Å²) in [5.41, 5.74) is 1.77. The first-order valence-electron chi connectivity index (χ1n) is 8.14. The molecule has 1 N–H and O–H groups in total. The van der Waals surface area contributed by atoms with Crippen molar-refractivity contribution in [2.45, 2.75) is 25.1 Å². The van der Waals surface area contributed by atoms with Gasteiger partial charge in [-0.3, -0.25) is 4.79 Å². The predicted octanol–water partition coefficient (Wildman–Crippen LogP) is 4.70. The highest BCUT2D eigenvalue weighted by molar-refractivity contribution is 6.31. The highest BCUT2D eigenvalue weighted by Crippen LogP contribution is 2.49. The Kier molecular flexibility index (Phi) is 5.41. The van der Waals surface area contributed by atoms with E-state index in [1.807, 2.05) is 24.3 Å². The lowest BCUT2D eigenvalue weighted by Crippen LogP contribution is -2.24. The van der Waals surface area contributed by atoms with Crippen molar-refractivity contribution < 1.29 is 22.7 Å². The van der Waals surface area contributed by atoms with Gasteiger partial charge in [0.2, 0.25) is 5.91 Å². The maximum Gasteiger partial charge on any atom is 0.422 e. The summed E-state index contributed by atoms with van der Waals surface area (Å²) in [4.78, 5) is 12.2. The van der Waals surface area contributed by atoms with Crippen LogP contribution in [0.15, 0.2) is 48.5 Å². The molecular weight excluding hydrogens is 367 g/mol. The Labute approximate surface area is 154 Å². The van der Waals surface area contributed by atoms with Gasteiger partial charge in [0.1, 0.15) is 5.75 Å². The molecule has 7 heteroatoms. The number of ether oxygens (including phenoxy) is 1. The molecule has 0 spiro atoms. The number of halogens is 4. The van der Waals surface area contributed by atoms with Gasteiger partial charge in [-0.2, -0.15) is 13.2 Å². The second-order valence-electron chi connectivity index (χ2n) is 6.24. The van der Waals surface area contributed by atoms with E-state index in [-0.39, 0.29) is 23.5 Å². The number of carbonyl (C=O) groups is 1. The third kappa shape index (κ3) is 4.91. The van der Waals surface area contributed by atoms with E-state index in [2.05, 4.69) is 10.1 Å². The number of carbonyl (C=O) groups excluding carboxylic acids is 1. The molecule has 0 radical (unpaired) electrons. The van der Waals surface area contributed by atoms with Gasteiger partial charge in [-0.1, -0.05) is 41.9 Å². The molecule has 2 atom stereocenters. The van der Waals surface area contributed by atoms with Gasteiger partial charge in [0.15, 0.2) is 6.61 Å². The van der Waals surface area contributed by atoms with Crippen molar-refractivity contribution in [3.05, 3.63) is 64.7 Å². The van der Waals surface area contributed by atoms with Crippen molar-refractivity contribution in [2.24, 2.45) is 5.92 Å². The van der Waals surface area contributed by atoms with Gasteiger partial charge >= 0.3 is 6.18 Å². The number of hydrogen-bond acceptors (Lipinski definition) is 2. The minimum atomic E-state index is -4.37. The second-order valence-corrected chi connectivity index (χ2v) is 6.64. The van der Waals surface area contributed by atoms with Gasteiger partial charge in [0.25, 0.3) is 0 Å². The standard InChI is InChI=1S/C19H17ClF3NO2/c20-17-4-2-1-3-14(17)15-9-16(15)18(25)24-10-12-5-7-13(8-6-12)26-11-19(21,22)23/h1-8,15-16H,9-11H2,(H,24,25). The molecule has 1 saturated carbocycles. The van der Waals surface area contributed by atoms with E-state index in [1.165, 1.54) is 12.1 Å². The van der Waals surface area contributed by atoms with Crippen LogP contribution in [0.4, 0.5) is 13.2 Å². The topological polar surface area (TPSA) is 38.3 Å². The van der Waals surface area contributed by atoms with Crippen LogP contribution < -0.4 is 10.1 Å². The molecular formula is C19H17ClF3NO2. The van der Waals surface area contributed by atoms with Crippen LogP contribution in [0.2, 0.25) is 5.02 Å². The van der Waals surface area contributed by atoms with Gasteiger partial charge in [0, 0.05) is 17.5 Å². The Hall–Kier alpha value is -2.21. The van der Waals surface area contributed by atoms with Crippen molar-refractivity contribution in [2.75, 3.05) is 6.61 Å². The van der Waals surface area contributed by atoms with Gasteiger partial charge in [-0.25, -0.2) is 0 Å². The third-order valence-corrected chi connectivity index (χ3v) is 4.57. The highest BCUT2D eigenvalue weighted by atomic mass is 35.5. The zero-order valence-corrected chi connectivity index (χ0v) is 14.5. The van der Waals surface area contributed by atoms with Crippen molar-refractivity contribution >= 4 is 17.5 Å². The van der Waals surface area contributed by atoms with E-state index in [1.54, 1.807) is 12.1 Å². The summed E-state index contributed by atoms with van der Waals surface area (Å²) in [7, 11) is 0. The maximum absolute atomic E-state index is 12.2. The molecule has 0 aromatic heterocycles. The summed E-state index contributed by atoms with van der Waals surface area (Å²) in [5, 5.41) is 3.52. The van der Waals surface area contributed by atoms with Crippen molar-refractivity contribution in [3.8, 4) is 5.75 Å². The molecule has 3 nitrogen and oxygen atoms in total. The predicted molar refractivity (Wildman–Crippen MR) is 92.1 cm³/mol. The molecule has 0 heterocycles. The second kappa shape index (κ2) is 7.58. The van der Waals surface area contributed by atoms with Gasteiger partial charge in [0.05, 0.1) is 0 Å². The highest BCUT2D eigenvalue weighted by Gasteiger charge is 2.44. The first-order chi connectivity index (χ1) is 12.3. The van der Waals surface area contributed by atoms with Crippen molar-refractivity contribution in [1.82, 2.24) is 5.32 Å². The summed E-state index contributed by atoms with van der Waals surface area (Å²) in [6.07, 6.45) is -3.60. The Morgan fingerprint density at radius 2 is 1.85 bits per heavy atom. The molecule has 2 aromatic rings. The largest absolute Gasteiger partial charge is 0.484 e. The zero-order chi connectivity index (χ0) is 18.7. The Balaban J connectivity index is 1.47. The molecule has 0 aliphatic heterocycles. The first-order valence-corrected chi connectivity index (χ1v) is 8.52. The SMILES string of the molecule is O=C(NCc1ccc(OCC(F)(F)F)cc1)C1CC1c1ccccc1Cl. The lowest BCUT2D eigenvalue weighted by atomic mass is 10.1. The molecule has 1 aliphatic carbocycles. The molecule has 1 fully saturated rings. The molecule has 2 aromatic carbocycles. The number of amides is 1. The molecule has 2 unspecified atom stereocenters. The molecule has 1 amide bonds. The van der Waals surface area contributed by atoms with E-state index >= 15 is 0 Å². The summed E-state index contributed by atoms with van der Waals surface area (Å²) >= 11 is 6.16. The van der Waals surface area contributed by atoms with Crippen LogP contribution in [-0.2, 0) is 11.3 Å². The summed E-state index contributed by atoms with van der Waals surface area (Å²) in [6.45, 7) is -1.02. The summed E-state index contributed by atoms with van der Waals surface area (Å²) in [6, 6.07) is 13.7. The molecule has 0 saturated heterocycles. The van der Waals surface area contributed by atoms with Crippen LogP contribution in [-0.4, -0.2) is 18.7 Å². The van der Waals surface area contributed by atoms with E-state index in [0.717, 1.165) is 17.5 Å². The van der Waals surface area contributed by atoms with Gasteiger partial charge in [-0.05, 0) is 41.7 Å². The fourth-order valence-corrected chi connectivity index (χ4v) is 3.07. The lowest BCUT2D eigenvalue weighted by molar-refractivity contribution is -0.153. The Morgan fingerprint density at radius 1 is 1.15 bits per heavy atom. The van der Waals surface area contributed by atoms with Crippen LogP contribution >= 0.6 is 11.6 Å². The molecule has 26 heavy (non-hydrogen) atoms. The summed E-state index contributed by atoms with van der Waals surface area (Å²) < 4.78 is 41.0. The number of nitrogens with one attached hydrogen (secondary N) is 1. The van der Waals surface area contributed by atoms with Gasteiger partial charge in [-0.15, -0.1) is 0 Å². The van der Waals surface area contributed by atoms with E-state index in [4.69, 9.17) is 11.6 Å². The first kappa shape index (κ1) is 18.6. The fourth-order valence-electron chi connectivity index (χ4n) is 2.79. The minimum absolute atomic E-state index is 0.0488. The monoisotopic (exact) mass is 383 g/mol. The average molecular weight is 384 g/mol. The Morgan fingerprint density at radius 3 is 2.50 bits per heavy atom. The van der Waals surface area contributed by atoms with E-state index in [9.17, 15) is 18.0 Å². The van der Waals surface area contributed by atoms with Gasteiger partial charge < -0.3 is 10.1 Å². The normalized spacial score (nSPS) is 19.1. The van der Waals surface area contributed by atoms with Crippen LogP contribution in [0.1, 0.15) is 23.5 Å². The minimum Gasteiger partial charge on any atom is -0.484 e. The molecule has 0 bridgehead atoms. The lowest BCUT2D eigenvalue weighted by Gasteiger charge is -2.10. The average Bonchev–Trinajstić information content (AvgIpc) is 3.39. The number of hydrogen-bond donors (Lipinski definition) is 1. The number of benzene rings is 2. The maximum atomic E-state index is 12.2. The molecule has 138 valence electrons. The van der Waals surface area contributed by atoms with Crippen molar-refractivity contribution in [3.63, 3.8) is 0 Å². The van der Waals surface area contributed by atoms with E-state index < -0.39 is 12.8 Å². The third-order valence-electron chi connectivity index (χ3n) is 4.22. The molecule has 3 rings (SSSR count). The van der Waals surface area contributed by atoms with Crippen LogP contribution in [0.5, 0.6) is 5.75 Å². The zero-order valence-electron chi connectivity index (χ0n) is 13.7. The smallest absolute Gasteiger partial charge is 0.422 e. The van der Waals surface area contributed by atoms with Crippen LogP contribution in [0.25, 0.3) is 0 Å². The summed E-state index contributed by atoms with van der Waals surface area (Å²) in [5.74, 6) is 0.136. The van der Waals surface area contributed by atoms with Crippen LogP contribution in [0.3, 0.4) is 0 Å². The van der Waals surface area contributed by atoms with E-state index in [0.29, 0.717) is 11.6 Å². The number of alkyl halides is 3. The fraction of sp³-hybridized carbons (Fsp3) is 0.316. The quantitative estimate of drug-likeness (QED) is 0.785. The molecule has 1 aliphatic rings. The van der Waals surface area contributed by atoms with Crippen molar-refractivity contribution in [1.29, 1.82) is 0 Å². The number of rotatable bonds is 6.